The van der Waals surface area contributed by atoms with Gasteiger partial charge in [-0.1, -0.05) is 24.3 Å². The number of methoxy groups -OCH3 is 1. The largest absolute Gasteiger partial charge is 0.497 e. The first kappa shape index (κ1) is 19.4. The van der Waals surface area contributed by atoms with Crippen molar-refractivity contribution < 1.29 is 19.1 Å². The fourth-order valence-corrected chi connectivity index (χ4v) is 3.40. The summed E-state index contributed by atoms with van der Waals surface area (Å²) >= 11 is 0. The van der Waals surface area contributed by atoms with Gasteiger partial charge in [0.2, 0.25) is 11.8 Å². The first-order chi connectivity index (χ1) is 14.5. The Morgan fingerprint density at radius 2 is 1.97 bits per heavy atom. The number of nitrogens with zero attached hydrogens (tertiary/aromatic N) is 2. The molecule has 0 saturated heterocycles. The van der Waals surface area contributed by atoms with E-state index in [2.05, 4.69) is 15.7 Å². The predicted molar refractivity (Wildman–Crippen MR) is 112 cm³/mol. The number of ether oxygens (including phenoxy) is 1. The minimum absolute atomic E-state index is 0.0328. The number of benzene rings is 2. The van der Waals surface area contributed by atoms with Crippen LogP contribution in [0.2, 0.25) is 0 Å². The number of carbonyl (C=O) groups excluding carboxylic acids is 3. The van der Waals surface area contributed by atoms with E-state index < -0.39 is 6.04 Å². The summed E-state index contributed by atoms with van der Waals surface area (Å²) in [6.07, 6.45) is 1.59. The SMILES string of the molecule is COc1ccc(-c2cnn3c2NC(=O)CC3C(=O)Nc2cccc(C(C)=O)c2)cc1. The monoisotopic (exact) mass is 404 g/mol. The molecule has 0 fully saturated rings. The number of ketones is 1. The number of rotatable bonds is 5. The van der Waals surface area contributed by atoms with Crippen LogP contribution >= 0.6 is 0 Å². The Bertz CT molecular complexity index is 1130. The highest BCUT2D eigenvalue weighted by molar-refractivity contribution is 6.03. The van der Waals surface area contributed by atoms with Crippen molar-refractivity contribution in [1.82, 2.24) is 9.78 Å². The van der Waals surface area contributed by atoms with Crippen LogP contribution in [0, 0.1) is 0 Å². The van der Waals surface area contributed by atoms with E-state index in [1.54, 1.807) is 37.6 Å². The van der Waals surface area contributed by atoms with Crippen molar-refractivity contribution in [3.63, 3.8) is 0 Å². The maximum absolute atomic E-state index is 12.9. The van der Waals surface area contributed by atoms with Crippen molar-refractivity contribution in [3.05, 3.63) is 60.3 Å². The van der Waals surface area contributed by atoms with Crippen molar-refractivity contribution in [2.24, 2.45) is 0 Å². The minimum Gasteiger partial charge on any atom is -0.497 e. The Morgan fingerprint density at radius 3 is 2.67 bits per heavy atom. The van der Waals surface area contributed by atoms with E-state index in [4.69, 9.17) is 4.74 Å². The fraction of sp³-hybridized carbons (Fsp3) is 0.182. The van der Waals surface area contributed by atoms with Crippen molar-refractivity contribution in [2.45, 2.75) is 19.4 Å². The average molecular weight is 404 g/mol. The molecule has 1 aliphatic rings. The number of hydrogen-bond donors (Lipinski definition) is 2. The van der Waals surface area contributed by atoms with Gasteiger partial charge in [-0.25, -0.2) is 4.68 Å². The molecular formula is C22H20N4O4. The highest BCUT2D eigenvalue weighted by Crippen LogP contribution is 2.35. The molecule has 2 aromatic carbocycles. The normalized spacial score (nSPS) is 15.1. The molecule has 30 heavy (non-hydrogen) atoms. The third-order valence-corrected chi connectivity index (χ3v) is 4.97. The van der Waals surface area contributed by atoms with Crippen molar-refractivity contribution >= 4 is 29.1 Å². The summed E-state index contributed by atoms with van der Waals surface area (Å²) in [6.45, 7) is 1.46. The number of anilines is 2. The molecule has 1 aliphatic heterocycles. The fourth-order valence-electron chi connectivity index (χ4n) is 3.40. The van der Waals surface area contributed by atoms with Crippen molar-refractivity contribution in [2.75, 3.05) is 17.7 Å². The Hall–Kier alpha value is -3.94. The maximum atomic E-state index is 12.9. The molecule has 0 bridgehead atoms. The second-order valence-electron chi connectivity index (χ2n) is 6.97. The maximum Gasteiger partial charge on any atom is 0.249 e. The van der Waals surface area contributed by atoms with Crippen LogP contribution in [-0.4, -0.2) is 34.5 Å². The number of fused-ring (bicyclic) bond motifs is 1. The molecule has 8 nitrogen and oxygen atoms in total. The molecular weight excluding hydrogens is 384 g/mol. The lowest BCUT2D eigenvalue weighted by Crippen LogP contribution is -2.35. The topological polar surface area (TPSA) is 102 Å². The number of nitrogens with one attached hydrogen (secondary N) is 2. The van der Waals surface area contributed by atoms with Gasteiger partial charge in [0, 0.05) is 16.8 Å². The van der Waals surface area contributed by atoms with Crippen molar-refractivity contribution in [3.8, 4) is 16.9 Å². The van der Waals surface area contributed by atoms with Crippen LogP contribution in [0.5, 0.6) is 5.75 Å². The molecule has 3 aromatic rings. The number of aromatic nitrogens is 2. The molecule has 0 aliphatic carbocycles. The quantitative estimate of drug-likeness (QED) is 0.636. The molecule has 1 atom stereocenters. The van der Waals surface area contributed by atoms with Crippen LogP contribution in [0.25, 0.3) is 11.1 Å². The number of hydrogen-bond acceptors (Lipinski definition) is 5. The lowest BCUT2D eigenvalue weighted by molar-refractivity contribution is -0.125. The third kappa shape index (κ3) is 3.67. The Kier molecular flexibility index (Phi) is 5.05. The smallest absolute Gasteiger partial charge is 0.249 e. The van der Waals surface area contributed by atoms with Gasteiger partial charge in [0.1, 0.15) is 17.6 Å². The lowest BCUT2D eigenvalue weighted by Gasteiger charge is -2.24. The Balaban J connectivity index is 1.63. The summed E-state index contributed by atoms with van der Waals surface area (Å²) in [6, 6.07) is 13.2. The van der Waals surface area contributed by atoms with Crippen LogP contribution < -0.4 is 15.4 Å². The summed E-state index contributed by atoms with van der Waals surface area (Å²) in [5, 5.41) is 9.95. The number of amides is 2. The van der Waals surface area contributed by atoms with Gasteiger partial charge in [-0.05, 0) is 36.8 Å². The Labute approximate surface area is 172 Å². The molecule has 2 amide bonds. The summed E-state index contributed by atoms with van der Waals surface area (Å²) in [4.78, 5) is 36.8. The second kappa shape index (κ2) is 7.82. The summed E-state index contributed by atoms with van der Waals surface area (Å²) in [5.74, 6) is 0.441. The zero-order valence-corrected chi connectivity index (χ0v) is 16.5. The van der Waals surface area contributed by atoms with Crippen molar-refractivity contribution in [1.29, 1.82) is 0 Å². The number of carbonyl (C=O) groups is 3. The first-order valence-corrected chi connectivity index (χ1v) is 9.40. The third-order valence-electron chi connectivity index (χ3n) is 4.97. The molecule has 2 N–H and O–H groups in total. The molecule has 0 radical (unpaired) electrons. The highest BCUT2D eigenvalue weighted by atomic mass is 16.5. The van der Waals surface area contributed by atoms with E-state index in [0.717, 1.165) is 5.56 Å². The lowest BCUT2D eigenvalue weighted by atomic mass is 10.1. The van der Waals surface area contributed by atoms with Crippen LogP contribution in [-0.2, 0) is 9.59 Å². The molecule has 2 heterocycles. The average Bonchev–Trinajstić information content (AvgIpc) is 3.17. The van der Waals surface area contributed by atoms with Gasteiger partial charge in [-0.15, -0.1) is 0 Å². The minimum atomic E-state index is -0.804. The zero-order valence-electron chi connectivity index (χ0n) is 16.5. The molecule has 0 saturated carbocycles. The van der Waals surface area contributed by atoms with Gasteiger partial charge in [0.25, 0.3) is 0 Å². The van der Waals surface area contributed by atoms with Crippen LogP contribution in [0.15, 0.2) is 54.7 Å². The van der Waals surface area contributed by atoms with Gasteiger partial charge in [0.05, 0.1) is 19.7 Å². The van der Waals surface area contributed by atoms with E-state index in [0.29, 0.717) is 28.4 Å². The van der Waals surface area contributed by atoms with E-state index in [1.165, 1.54) is 11.6 Å². The van der Waals surface area contributed by atoms with E-state index in [9.17, 15) is 14.4 Å². The van der Waals surface area contributed by atoms with Crippen LogP contribution in [0.4, 0.5) is 11.5 Å². The molecule has 8 heteroatoms. The van der Waals surface area contributed by atoms with Gasteiger partial charge >= 0.3 is 0 Å². The van der Waals surface area contributed by atoms with E-state index >= 15 is 0 Å². The standard InChI is InChI=1S/C22H20N4O4/c1-13(27)15-4-3-5-16(10-15)24-22(29)19-11-20(28)25-21-18(12-23-26(19)21)14-6-8-17(30-2)9-7-14/h3-10,12,19H,11H2,1-2H3,(H,24,29)(H,25,28). The summed E-state index contributed by atoms with van der Waals surface area (Å²) in [5.41, 5.74) is 2.54. The van der Waals surface area contributed by atoms with Gasteiger partial charge in [-0.3, -0.25) is 14.4 Å². The summed E-state index contributed by atoms with van der Waals surface area (Å²) < 4.78 is 6.70. The van der Waals surface area contributed by atoms with Crippen LogP contribution in [0.1, 0.15) is 29.7 Å². The molecule has 152 valence electrons. The number of Topliss-reactive ketones (excluding diaryl/α,β-unsaturated/α-hetero) is 1. The molecule has 4 rings (SSSR count). The predicted octanol–water partition coefficient (Wildman–Crippen LogP) is 3.28. The van der Waals surface area contributed by atoms with Crippen LogP contribution in [0.3, 0.4) is 0 Å². The van der Waals surface area contributed by atoms with E-state index in [-0.39, 0.29) is 24.0 Å². The van der Waals surface area contributed by atoms with E-state index in [1.807, 2.05) is 24.3 Å². The van der Waals surface area contributed by atoms with Gasteiger partial charge in [-0.2, -0.15) is 5.10 Å². The highest BCUT2D eigenvalue weighted by Gasteiger charge is 2.33. The first-order valence-electron chi connectivity index (χ1n) is 9.40. The van der Waals surface area contributed by atoms with Gasteiger partial charge in [0.15, 0.2) is 5.78 Å². The molecule has 1 aromatic heterocycles. The zero-order chi connectivity index (χ0) is 21.3. The molecule has 1 unspecified atom stereocenters. The Morgan fingerprint density at radius 1 is 1.20 bits per heavy atom. The molecule has 0 spiro atoms. The van der Waals surface area contributed by atoms with Gasteiger partial charge < -0.3 is 15.4 Å². The second-order valence-corrected chi connectivity index (χ2v) is 6.97. The summed E-state index contributed by atoms with van der Waals surface area (Å²) in [7, 11) is 1.59.